The maximum atomic E-state index is 8.50. The van der Waals surface area contributed by atoms with Gasteiger partial charge in [0.05, 0.1) is 6.07 Å². The van der Waals surface area contributed by atoms with Crippen molar-refractivity contribution in [2.75, 3.05) is 18.5 Å². The van der Waals surface area contributed by atoms with Crippen LogP contribution in [0, 0.1) is 11.3 Å². The van der Waals surface area contributed by atoms with E-state index in [1.807, 2.05) is 6.92 Å². The topological polar surface area (TPSA) is 90.9 Å². The van der Waals surface area contributed by atoms with Crippen LogP contribution in [-0.4, -0.2) is 27.6 Å². The Morgan fingerprint density at radius 2 is 2.47 bits per heavy atom. The number of aromatic nitrogens is 2. The fourth-order valence-electron chi connectivity index (χ4n) is 1.19. The molecule has 0 fully saturated rings. The van der Waals surface area contributed by atoms with E-state index >= 15 is 0 Å². The lowest BCUT2D eigenvalue weighted by atomic mass is 10.3. The minimum Gasteiger partial charge on any atom is -0.313 e. The molecule has 1 heterocycles. The Balaban J connectivity index is 2.55. The molecule has 6 nitrogen and oxygen atoms in total. The van der Waals surface area contributed by atoms with Crippen molar-refractivity contribution in [3.05, 3.63) is 5.69 Å². The maximum Gasteiger partial charge on any atom is 0.148 e. The molecule has 0 radical (unpaired) electrons. The molecule has 0 bridgehead atoms. The molecule has 0 saturated heterocycles. The zero-order valence-electron chi connectivity index (χ0n) is 8.60. The fraction of sp³-hybridized carbons (Fsp3) is 0.625. The van der Waals surface area contributed by atoms with Crippen molar-refractivity contribution in [1.29, 1.82) is 5.26 Å². The molecule has 15 heavy (non-hydrogen) atoms. The molecule has 0 atom stereocenters. The molecule has 1 aromatic rings. The van der Waals surface area contributed by atoms with Crippen LogP contribution in [0.4, 0.5) is 5.00 Å². The van der Waals surface area contributed by atoms with Crippen LogP contribution in [0.1, 0.15) is 19.0 Å². The Kier molecular flexibility index (Phi) is 4.97. The molecule has 0 unspecified atom stereocenters. The van der Waals surface area contributed by atoms with Crippen molar-refractivity contribution < 1.29 is 0 Å². The number of rotatable bonds is 6. The van der Waals surface area contributed by atoms with Gasteiger partial charge in [-0.15, -0.1) is 5.10 Å². The maximum absolute atomic E-state index is 8.50. The highest BCUT2D eigenvalue weighted by Crippen LogP contribution is 2.17. The van der Waals surface area contributed by atoms with Crippen LogP contribution in [0.25, 0.3) is 0 Å². The summed E-state index contributed by atoms with van der Waals surface area (Å²) in [6.07, 6.45) is 0.525. The molecule has 0 spiro atoms. The molecule has 7 heteroatoms. The second kappa shape index (κ2) is 6.29. The van der Waals surface area contributed by atoms with Crippen molar-refractivity contribution in [2.24, 2.45) is 5.84 Å². The van der Waals surface area contributed by atoms with Gasteiger partial charge in [0.25, 0.3) is 0 Å². The second-order valence-electron chi connectivity index (χ2n) is 2.97. The molecule has 1 rings (SSSR count). The van der Waals surface area contributed by atoms with E-state index in [4.69, 9.17) is 11.1 Å². The first-order valence-corrected chi connectivity index (χ1v) is 5.46. The van der Waals surface area contributed by atoms with Crippen molar-refractivity contribution in [2.45, 2.75) is 19.9 Å². The molecule has 0 amide bonds. The average molecular weight is 226 g/mol. The van der Waals surface area contributed by atoms with E-state index < -0.39 is 0 Å². The number of nitrogen functional groups attached to an aromatic ring is 1. The quantitative estimate of drug-likeness (QED) is 0.544. The molecule has 0 aliphatic rings. The normalized spacial score (nSPS) is 10.3. The summed E-state index contributed by atoms with van der Waals surface area (Å²) in [4.78, 5) is 2.13. The number of nitriles is 1. The van der Waals surface area contributed by atoms with Crippen LogP contribution >= 0.6 is 11.5 Å². The monoisotopic (exact) mass is 226 g/mol. The minimum atomic E-state index is 0.525. The first-order chi connectivity index (χ1) is 7.31. The van der Waals surface area contributed by atoms with Crippen molar-refractivity contribution >= 4 is 16.5 Å². The lowest BCUT2D eigenvalue weighted by molar-refractivity contribution is 0.283. The summed E-state index contributed by atoms with van der Waals surface area (Å²) in [6, 6.07) is 2.13. The number of nitrogens with two attached hydrogens (primary N) is 1. The molecule has 0 aliphatic heterocycles. The van der Waals surface area contributed by atoms with Crippen LogP contribution in [0.15, 0.2) is 0 Å². The Hall–Kier alpha value is -1.23. The molecule has 1 aromatic heterocycles. The third-order valence-corrected chi connectivity index (χ3v) is 2.75. The number of hydrogen-bond acceptors (Lipinski definition) is 7. The van der Waals surface area contributed by atoms with Crippen LogP contribution in [0.2, 0.25) is 0 Å². The zero-order valence-corrected chi connectivity index (χ0v) is 9.42. The predicted octanol–water partition coefficient (Wildman–Crippen LogP) is 0.559. The number of hydrogen-bond donors (Lipinski definition) is 2. The molecule has 0 aliphatic carbocycles. The average Bonchev–Trinajstić information content (AvgIpc) is 2.71. The van der Waals surface area contributed by atoms with E-state index in [2.05, 4.69) is 26.0 Å². The fourth-order valence-corrected chi connectivity index (χ4v) is 1.68. The van der Waals surface area contributed by atoms with Gasteiger partial charge in [-0.3, -0.25) is 4.90 Å². The van der Waals surface area contributed by atoms with Crippen molar-refractivity contribution in [3.8, 4) is 6.07 Å². The van der Waals surface area contributed by atoms with E-state index in [9.17, 15) is 0 Å². The third kappa shape index (κ3) is 3.43. The van der Waals surface area contributed by atoms with Gasteiger partial charge in [0.15, 0.2) is 0 Å². The summed E-state index contributed by atoms with van der Waals surface area (Å²) in [5, 5.41) is 13.3. The predicted molar refractivity (Wildman–Crippen MR) is 58.9 cm³/mol. The van der Waals surface area contributed by atoms with Crippen molar-refractivity contribution in [1.82, 2.24) is 14.5 Å². The highest BCUT2D eigenvalue weighted by atomic mass is 32.1. The van der Waals surface area contributed by atoms with Crippen LogP contribution in [-0.2, 0) is 6.54 Å². The molecule has 82 valence electrons. The summed E-state index contributed by atoms with van der Waals surface area (Å²) < 4.78 is 3.82. The lowest BCUT2D eigenvalue weighted by Crippen LogP contribution is -2.24. The molecular formula is C8H14N6S. The molecular weight excluding hydrogens is 212 g/mol. The first kappa shape index (κ1) is 11.8. The van der Waals surface area contributed by atoms with E-state index in [1.54, 1.807) is 0 Å². The Bertz CT molecular complexity index is 330. The first-order valence-electron chi connectivity index (χ1n) is 4.69. The van der Waals surface area contributed by atoms with Gasteiger partial charge in [0, 0.05) is 31.0 Å². The van der Waals surface area contributed by atoms with E-state index in [0.717, 1.165) is 23.8 Å². The summed E-state index contributed by atoms with van der Waals surface area (Å²) in [7, 11) is 0. The van der Waals surface area contributed by atoms with E-state index in [0.29, 0.717) is 13.0 Å². The van der Waals surface area contributed by atoms with Gasteiger partial charge < -0.3 is 5.43 Å². The summed E-state index contributed by atoms with van der Waals surface area (Å²) in [5.41, 5.74) is 3.40. The van der Waals surface area contributed by atoms with Crippen molar-refractivity contribution in [3.63, 3.8) is 0 Å². The summed E-state index contributed by atoms with van der Waals surface area (Å²) in [5.74, 6) is 5.32. The van der Waals surface area contributed by atoms with Crippen LogP contribution < -0.4 is 11.3 Å². The highest BCUT2D eigenvalue weighted by Gasteiger charge is 2.10. The van der Waals surface area contributed by atoms with Gasteiger partial charge in [0.1, 0.15) is 10.7 Å². The summed E-state index contributed by atoms with van der Waals surface area (Å²) in [6.45, 7) is 4.35. The molecule has 3 N–H and O–H groups in total. The molecule has 0 saturated carbocycles. The smallest absolute Gasteiger partial charge is 0.148 e. The highest BCUT2D eigenvalue weighted by molar-refractivity contribution is 7.10. The Labute approximate surface area is 92.8 Å². The Morgan fingerprint density at radius 1 is 1.67 bits per heavy atom. The zero-order chi connectivity index (χ0) is 11.1. The number of nitrogens with zero attached hydrogens (tertiary/aromatic N) is 4. The van der Waals surface area contributed by atoms with Gasteiger partial charge in [-0.1, -0.05) is 11.4 Å². The van der Waals surface area contributed by atoms with Crippen LogP contribution in [0.3, 0.4) is 0 Å². The number of hydrazine groups is 1. The lowest BCUT2D eigenvalue weighted by Gasteiger charge is -2.17. The van der Waals surface area contributed by atoms with Gasteiger partial charge in [-0.2, -0.15) is 5.26 Å². The third-order valence-electron chi connectivity index (χ3n) is 2.05. The van der Waals surface area contributed by atoms with E-state index in [1.165, 1.54) is 11.5 Å². The Morgan fingerprint density at radius 3 is 3.07 bits per heavy atom. The standard InChI is InChI=1S/C8H14N6S/c1-2-14(5-3-4-9)6-7-8(11-10)15-13-12-7/h11H,2-3,5-6,10H2,1H3. The number of nitrogens with one attached hydrogen (secondary N) is 1. The van der Waals surface area contributed by atoms with Crippen LogP contribution in [0.5, 0.6) is 0 Å². The largest absolute Gasteiger partial charge is 0.313 e. The van der Waals surface area contributed by atoms with Gasteiger partial charge in [-0.05, 0) is 6.54 Å². The SMILES string of the molecule is CCN(CCC#N)Cc1nnsc1NN. The minimum absolute atomic E-state index is 0.525. The van der Waals surface area contributed by atoms with Gasteiger partial charge >= 0.3 is 0 Å². The van der Waals surface area contributed by atoms with Gasteiger partial charge in [0.2, 0.25) is 0 Å². The number of anilines is 1. The molecule has 0 aromatic carbocycles. The second-order valence-corrected chi connectivity index (χ2v) is 3.72. The van der Waals surface area contributed by atoms with E-state index in [-0.39, 0.29) is 0 Å². The summed E-state index contributed by atoms with van der Waals surface area (Å²) >= 11 is 1.24. The van der Waals surface area contributed by atoms with Gasteiger partial charge in [-0.25, -0.2) is 5.84 Å².